The number of amides is 1. The zero-order valence-corrected chi connectivity index (χ0v) is 12.6. The normalized spacial score (nSPS) is 11.9. The Morgan fingerprint density at radius 2 is 2.08 bits per heavy atom. The number of nitro benzene ring substituents is 1. The molecule has 1 heterocycles. The summed E-state index contributed by atoms with van der Waals surface area (Å²) >= 11 is 0. The van der Waals surface area contributed by atoms with Crippen molar-refractivity contribution in [1.29, 1.82) is 0 Å². The SMILES string of the molecule is C[C@@H](On1nnc2ccccc21)C(=O)Nc1cccc([N+](=O)[O-])c1. The molecule has 1 amide bonds. The monoisotopic (exact) mass is 327 g/mol. The Kier molecular flexibility index (Phi) is 4.06. The molecule has 3 rings (SSSR count). The molecule has 0 saturated heterocycles. The Hall–Kier alpha value is -3.49. The average molecular weight is 327 g/mol. The van der Waals surface area contributed by atoms with E-state index in [2.05, 4.69) is 15.6 Å². The van der Waals surface area contributed by atoms with E-state index in [4.69, 9.17) is 4.84 Å². The van der Waals surface area contributed by atoms with Crippen LogP contribution in [0.2, 0.25) is 0 Å². The van der Waals surface area contributed by atoms with Gasteiger partial charge in [-0.15, -0.1) is 5.10 Å². The van der Waals surface area contributed by atoms with Crippen LogP contribution in [0.5, 0.6) is 0 Å². The number of aromatic nitrogens is 3. The highest BCUT2D eigenvalue weighted by atomic mass is 16.7. The van der Waals surface area contributed by atoms with Crippen molar-refractivity contribution < 1.29 is 14.6 Å². The first-order chi connectivity index (χ1) is 11.5. The number of anilines is 1. The van der Waals surface area contributed by atoms with Crippen molar-refractivity contribution in [3.05, 3.63) is 58.6 Å². The Morgan fingerprint density at radius 3 is 2.88 bits per heavy atom. The van der Waals surface area contributed by atoms with E-state index < -0.39 is 16.9 Å². The maximum Gasteiger partial charge on any atom is 0.271 e. The third-order valence-corrected chi connectivity index (χ3v) is 3.27. The highest BCUT2D eigenvalue weighted by Gasteiger charge is 2.18. The molecule has 1 atom stereocenters. The van der Waals surface area contributed by atoms with Gasteiger partial charge in [-0.3, -0.25) is 14.9 Å². The summed E-state index contributed by atoms with van der Waals surface area (Å²) in [4.78, 5) is 29.1. The molecule has 0 spiro atoms. The highest BCUT2D eigenvalue weighted by Crippen LogP contribution is 2.17. The van der Waals surface area contributed by atoms with Gasteiger partial charge in [0.15, 0.2) is 0 Å². The number of non-ortho nitro benzene ring substituents is 1. The van der Waals surface area contributed by atoms with Crippen LogP contribution in [0.4, 0.5) is 11.4 Å². The third-order valence-electron chi connectivity index (χ3n) is 3.27. The summed E-state index contributed by atoms with van der Waals surface area (Å²) in [5.41, 5.74) is 1.48. The number of carbonyl (C=O) groups is 1. The van der Waals surface area contributed by atoms with E-state index in [1.54, 1.807) is 31.2 Å². The van der Waals surface area contributed by atoms with Crippen molar-refractivity contribution in [2.24, 2.45) is 0 Å². The highest BCUT2D eigenvalue weighted by molar-refractivity contribution is 5.94. The molecule has 1 N–H and O–H groups in total. The van der Waals surface area contributed by atoms with Crippen LogP contribution in [-0.2, 0) is 4.79 Å². The standard InChI is InChI=1S/C15H13N5O4/c1-10(24-19-14-8-3-2-7-13(14)17-18-19)15(21)16-11-5-4-6-12(9-11)20(22)23/h2-10H,1H3,(H,16,21)/t10-/m1/s1. The van der Waals surface area contributed by atoms with Gasteiger partial charge in [-0.05, 0) is 30.3 Å². The molecule has 9 nitrogen and oxygen atoms in total. The topological polar surface area (TPSA) is 112 Å². The number of para-hydroxylation sites is 1. The van der Waals surface area contributed by atoms with Gasteiger partial charge in [-0.2, -0.15) is 0 Å². The van der Waals surface area contributed by atoms with Crippen LogP contribution in [0, 0.1) is 10.1 Å². The minimum atomic E-state index is -0.880. The van der Waals surface area contributed by atoms with Crippen LogP contribution >= 0.6 is 0 Å². The lowest BCUT2D eigenvalue weighted by Crippen LogP contribution is -2.35. The first kappa shape index (κ1) is 15.4. The predicted octanol–water partition coefficient (Wildman–Crippen LogP) is 1.80. The van der Waals surface area contributed by atoms with Gasteiger partial charge in [-0.25, -0.2) is 0 Å². The molecular formula is C15H13N5O4. The van der Waals surface area contributed by atoms with Crippen LogP contribution in [0.25, 0.3) is 11.0 Å². The fourth-order valence-electron chi connectivity index (χ4n) is 2.06. The zero-order valence-electron chi connectivity index (χ0n) is 12.6. The van der Waals surface area contributed by atoms with E-state index in [0.717, 1.165) is 0 Å². The summed E-state index contributed by atoms with van der Waals surface area (Å²) in [6.07, 6.45) is -0.880. The molecule has 122 valence electrons. The average Bonchev–Trinajstić information content (AvgIpc) is 2.98. The fourth-order valence-corrected chi connectivity index (χ4v) is 2.06. The van der Waals surface area contributed by atoms with Crippen molar-refractivity contribution in [3.63, 3.8) is 0 Å². The summed E-state index contributed by atoms with van der Waals surface area (Å²) in [7, 11) is 0. The molecule has 0 aliphatic rings. The van der Waals surface area contributed by atoms with Gasteiger partial charge in [0.05, 0.1) is 4.92 Å². The molecule has 0 unspecified atom stereocenters. The van der Waals surface area contributed by atoms with Crippen molar-refractivity contribution in [2.45, 2.75) is 13.0 Å². The van der Waals surface area contributed by atoms with Crippen LogP contribution in [0.3, 0.4) is 0 Å². The van der Waals surface area contributed by atoms with Gasteiger partial charge in [0, 0.05) is 17.8 Å². The first-order valence-corrected chi connectivity index (χ1v) is 7.07. The maximum absolute atomic E-state index is 12.2. The van der Waals surface area contributed by atoms with Gasteiger partial charge in [0.2, 0.25) is 6.10 Å². The molecule has 9 heteroatoms. The number of nitrogens with one attached hydrogen (secondary N) is 1. The van der Waals surface area contributed by atoms with E-state index in [1.807, 2.05) is 6.07 Å². The zero-order chi connectivity index (χ0) is 17.1. The van der Waals surface area contributed by atoms with Gasteiger partial charge in [0.25, 0.3) is 11.6 Å². The predicted molar refractivity (Wildman–Crippen MR) is 85.3 cm³/mol. The van der Waals surface area contributed by atoms with E-state index in [1.165, 1.54) is 23.0 Å². The number of benzene rings is 2. The van der Waals surface area contributed by atoms with Crippen molar-refractivity contribution in [2.75, 3.05) is 5.32 Å². The summed E-state index contributed by atoms with van der Waals surface area (Å²) in [6.45, 7) is 1.54. The van der Waals surface area contributed by atoms with Crippen LogP contribution < -0.4 is 10.2 Å². The second-order valence-corrected chi connectivity index (χ2v) is 5.00. The van der Waals surface area contributed by atoms with Crippen molar-refractivity contribution in [3.8, 4) is 0 Å². The number of nitro groups is 1. The minimum Gasteiger partial charge on any atom is -0.382 e. The van der Waals surface area contributed by atoms with Gasteiger partial charge < -0.3 is 10.2 Å². The number of hydrogen-bond donors (Lipinski definition) is 1. The van der Waals surface area contributed by atoms with Crippen molar-refractivity contribution in [1.82, 2.24) is 15.2 Å². The van der Waals surface area contributed by atoms with Crippen LogP contribution in [0.15, 0.2) is 48.5 Å². The van der Waals surface area contributed by atoms with Gasteiger partial charge in [-0.1, -0.05) is 23.0 Å². The summed E-state index contributed by atoms with van der Waals surface area (Å²) in [6, 6.07) is 12.8. The second kappa shape index (κ2) is 6.32. The minimum absolute atomic E-state index is 0.108. The molecule has 3 aromatic rings. The van der Waals surface area contributed by atoms with E-state index >= 15 is 0 Å². The first-order valence-electron chi connectivity index (χ1n) is 7.07. The molecule has 24 heavy (non-hydrogen) atoms. The lowest BCUT2D eigenvalue weighted by Gasteiger charge is -2.13. The Balaban J connectivity index is 1.71. The van der Waals surface area contributed by atoms with Gasteiger partial charge >= 0.3 is 0 Å². The number of hydrogen-bond acceptors (Lipinski definition) is 6. The van der Waals surface area contributed by atoms with Crippen molar-refractivity contribution >= 4 is 28.3 Å². The number of carbonyl (C=O) groups excluding carboxylic acids is 1. The Bertz CT molecular complexity index is 908. The number of rotatable bonds is 5. The van der Waals surface area contributed by atoms with Gasteiger partial charge in [0.1, 0.15) is 11.0 Å². The molecule has 0 radical (unpaired) electrons. The maximum atomic E-state index is 12.2. The lowest BCUT2D eigenvalue weighted by molar-refractivity contribution is -0.384. The molecule has 1 aromatic heterocycles. The molecule has 0 fully saturated rings. The summed E-state index contributed by atoms with van der Waals surface area (Å²) < 4.78 is 0. The second-order valence-electron chi connectivity index (χ2n) is 5.00. The van der Waals surface area contributed by atoms with Crippen LogP contribution in [-0.4, -0.2) is 32.1 Å². The molecule has 0 bridgehead atoms. The molecule has 0 aliphatic carbocycles. The van der Waals surface area contributed by atoms with Crippen LogP contribution in [0.1, 0.15) is 6.92 Å². The smallest absolute Gasteiger partial charge is 0.271 e. The third kappa shape index (κ3) is 3.14. The largest absolute Gasteiger partial charge is 0.382 e. The number of nitrogens with zero attached hydrogens (tertiary/aromatic N) is 4. The number of fused-ring (bicyclic) bond motifs is 1. The Labute approximate surface area is 135 Å². The molecular weight excluding hydrogens is 314 g/mol. The Morgan fingerprint density at radius 1 is 1.29 bits per heavy atom. The molecule has 2 aromatic carbocycles. The fraction of sp³-hybridized carbons (Fsp3) is 0.133. The molecule has 0 aliphatic heterocycles. The summed E-state index contributed by atoms with van der Waals surface area (Å²) in [5.74, 6) is -0.463. The van der Waals surface area contributed by atoms with E-state index in [-0.39, 0.29) is 5.69 Å². The van der Waals surface area contributed by atoms with E-state index in [0.29, 0.717) is 16.7 Å². The molecule has 0 saturated carbocycles. The van der Waals surface area contributed by atoms with E-state index in [9.17, 15) is 14.9 Å². The quantitative estimate of drug-likeness (QED) is 0.565. The summed E-state index contributed by atoms with van der Waals surface area (Å²) in [5, 5.41) is 21.1. The lowest BCUT2D eigenvalue weighted by atomic mass is 10.2.